The summed E-state index contributed by atoms with van der Waals surface area (Å²) in [5.41, 5.74) is 2.34. The van der Waals surface area contributed by atoms with E-state index in [-0.39, 0.29) is 11.9 Å². The molecule has 0 radical (unpaired) electrons. The first-order chi connectivity index (χ1) is 15.4. The summed E-state index contributed by atoms with van der Waals surface area (Å²) in [7, 11) is 0. The second-order valence-corrected chi connectivity index (χ2v) is 10.5. The number of hydrogen-bond acceptors (Lipinski definition) is 4. The van der Waals surface area contributed by atoms with E-state index >= 15 is 0 Å². The van der Waals surface area contributed by atoms with E-state index in [0.717, 1.165) is 57.7 Å². The van der Waals surface area contributed by atoms with E-state index in [1.54, 1.807) is 6.07 Å². The molecule has 1 amide bonds. The predicted molar refractivity (Wildman–Crippen MR) is 129 cm³/mol. The van der Waals surface area contributed by atoms with E-state index in [2.05, 4.69) is 53.2 Å². The molecule has 4 aliphatic heterocycles. The van der Waals surface area contributed by atoms with Gasteiger partial charge in [0.25, 0.3) is 5.91 Å². The fourth-order valence-electron chi connectivity index (χ4n) is 5.43. The molecule has 1 atom stereocenters. The monoisotopic (exact) mass is 453 g/mol. The molecule has 32 heavy (non-hydrogen) atoms. The van der Waals surface area contributed by atoms with Gasteiger partial charge in [-0.2, -0.15) is 0 Å². The Morgan fingerprint density at radius 3 is 2.62 bits per heavy atom. The van der Waals surface area contributed by atoms with Crippen molar-refractivity contribution in [2.45, 2.75) is 44.8 Å². The minimum absolute atomic E-state index is 0.0804. The SMILES string of the molecule is CC1(C)CN(CCc2ccccc2)c2cc(Cl)cc(C(=O)NC3CN4CCC3CC4)c2O1. The van der Waals surface area contributed by atoms with Gasteiger partial charge in [-0.3, -0.25) is 4.79 Å². The van der Waals surface area contributed by atoms with Gasteiger partial charge < -0.3 is 19.9 Å². The normalized spacial score (nSPS) is 25.7. The third-order valence-corrected chi connectivity index (χ3v) is 7.27. The van der Waals surface area contributed by atoms with Gasteiger partial charge in [0, 0.05) is 24.2 Å². The lowest BCUT2D eigenvalue weighted by atomic mass is 9.84. The maximum atomic E-state index is 13.4. The topological polar surface area (TPSA) is 44.8 Å². The van der Waals surface area contributed by atoms with Gasteiger partial charge in [-0.15, -0.1) is 0 Å². The van der Waals surface area contributed by atoms with E-state index in [0.29, 0.717) is 22.3 Å². The summed E-state index contributed by atoms with van der Waals surface area (Å²) in [6, 6.07) is 14.4. The third-order valence-electron chi connectivity index (χ3n) is 7.06. The van der Waals surface area contributed by atoms with Crippen molar-refractivity contribution < 1.29 is 9.53 Å². The highest BCUT2D eigenvalue weighted by Crippen LogP contribution is 2.42. The minimum atomic E-state index is -0.401. The van der Waals surface area contributed by atoms with Crippen LogP contribution >= 0.6 is 11.6 Å². The molecule has 2 aromatic carbocycles. The van der Waals surface area contributed by atoms with Gasteiger partial charge in [0.1, 0.15) is 5.60 Å². The lowest BCUT2D eigenvalue weighted by Crippen LogP contribution is -2.57. The highest BCUT2D eigenvalue weighted by molar-refractivity contribution is 6.31. The van der Waals surface area contributed by atoms with Crippen molar-refractivity contribution in [2.75, 3.05) is 37.6 Å². The number of carbonyl (C=O) groups excluding carboxylic acids is 1. The van der Waals surface area contributed by atoms with Crippen molar-refractivity contribution in [1.29, 1.82) is 0 Å². The molecule has 1 unspecified atom stereocenters. The Kier molecular flexibility index (Phi) is 5.81. The fraction of sp³-hybridized carbons (Fsp3) is 0.500. The van der Waals surface area contributed by atoms with Crippen molar-refractivity contribution in [3.63, 3.8) is 0 Å². The summed E-state index contributed by atoms with van der Waals surface area (Å²) in [5.74, 6) is 1.14. The fourth-order valence-corrected chi connectivity index (χ4v) is 5.64. The number of nitrogens with zero attached hydrogens (tertiary/aromatic N) is 2. The Balaban J connectivity index is 1.41. The number of anilines is 1. The van der Waals surface area contributed by atoms with E-state index in [4.69, 9.17) is 16.3 Å². The summed E-state index contributed by atoms with van der Waals surface area (Å²) in [5, 5.41) is 3.87. The molecule has 1 N–H and O–H groups in total. The Bertz CT molecular complexity index is 986. The van der Waals surface area contributed by atoms with Crippen molar-refractivity contribution >= 4 is 23.2 Å². The van der Waals surface area contributed by atoms with E-state index < -0.39 is 5.60 Å². The zero-order chi connectivity index (χ0) is 22.3. The molecule has 6 heteroatoms. The summed E-state index contributed by atoms with van der Waals surface area (Å²) in [6.45, 7) is 8.98. The molecule has 2 aromatic rings. The molecule has 5 nitrogen and oxygen atoms in total. The zero-order valence-corrected chi connectivity index (χ0v) is 19.7. The Hall–Kier alpha value is -2.24. The molecule has 6 rings (SSSR count). The van der Waals surface area contributed by atoms with Crippen LogP contribution in [-0.4, -0.2) is 55.2 Å². The molecule has 0 spiro atoms. The van der Waals surface area contributed by atoms with Crippen LogP contribution in [0.1, 0.15) is 42.6 Å². The molecular formula is C26H32ClN3O2. The van der Waals surface area contributed by atoms with Crippen molar-refractivity contribution in [3.8, 4) is 5.75 Å². The highest BCUT2D eigenvalue weighted by Gasteiger charge is 2.38. The number of ether oxygens (including phenoxy) is 1. The van der Waals surface area contributed by atoms with Gasteiger partial charge in [0.05, 0.1) is 17.8 Å². The second kappa shape index (κ2) is 8.60. The number of nitrogens with one attached hydrogen (secondary N) is 1. The number of halogens is 1. The molecular weight excluding hydrogens is 422 g/mol. The van der Waals surface area contributed by atoms with Crippen LogP contribution < -0.4 is 15.0 Å². The highest BCUT2D eigenvalue weighted by atomic mass is 35.5. The van der Waals surface area contributed by atoms with E-state index in [9.17, 15) is 4.79 Å². The molecule has 2 bridgehead atoms. The van der Waals surface area contributed by atoms with Crippen LogP contribution in [-0.2, 0) is 6.42 Å². The van der Waals surface area contributed by atoms with E-state index in [1.165, 1.54) is 5.56 Å². The first-order valence-corrected chi connectivity index (χ1v) is 12.1. The van der Waals surface area contributed by atoms with Crippen LogP contribution in [0.5, 0.6) is 5.75 Å². The Morgan fingerprint density at radius 1 is 1.19 bits per heavy atom. The van der Waals surface area contributed by atoms with Crippen LogP contribution in [0, 0.1) is 5.92 Å². The summed E-state index contributed by atoms with van der Waals surface area (Å²) >= 11 is 6.51. The Morgan fingerprint density at radius 2 is 1.94 bits per heavy atom. The van der Waals surface area contributed by atoms with Crippen LogP contribution in [0.3, 0.4) is 0 Å². The lowest BCUT2D eigenvalue weighted by molar-refractivity contribution is 0.0610. The van der Waals surface area contributed by atoms with Crippen molar-refractivity contribution in [3.05, 3.63) is 58.6 Å². The van der Waals surface area contributed by atoms with Crippen molar-refractivity contribution in [2.24, 2.45) is 5.92 Å². The molecule has 4 heterocycles. The lowest BCUT2D eigenvalue weighted by Gasteiger charge is -2.45. The molecule has 4 aliphatic rings. The summed E-state index contributed by atoms with van der Waals surface area (Å²) < 4.78 is 6.39. The summed E-state index contributed by atoms with van der Waals surface area (Å²) in [6.07, 6.45) is 3.24. The smallest absolute Gasteiger partial charge is 0.255 e. The van der Waals surface area contributed by atoms with Gasteiger partial charge in [-0.1, -0.05) is 41.9 Å². The number of fused-ring (bicyclic) bond motifs is 4. The number of carbonyl (C=O) groups is 1. The van der Waals surface area contributed by atoms with E-state index in [1.807, 2.05) is 12.1 Å². The quantitative estimate of drug-likeness (QED) is 0.729. The van der Waals surface area contributed by atoms with Crippen molar-refractivity contribution in [1.82, 2.24) is 10.2 Å². The standard InChI is InChI=1S/C26H32ClN3O2/c1-26(2)17-30(13-8-18-6-4-3-5-7-18)23-15-20(27)14-21(24(23)32-26)25(31)28-22-16-29-11-9-19(22)10-12-29/h3-7,14-15,19,22H,8-13,16-17H2,1-2H3,(H,28,31). The van der Waals surface area contributed by atoms with Gasteiger partial charge in [0.15, 0.2) is 5.75 Å². The largest absolute Gasteiger partial charge is 0.483 e. The number of rotatable bonds is 5. The maximum Gasteiger partial charge on any atom is 0.255 e. The number of hydrogen-bond donors (Lipinski definition) is 1. The number of amides is 1. The number of benzene rings is 2. The zero-order valence-electron chi connectivity index (χ0n) is 18.9. The first-order valence-electron chi connectivity index (χ1n) is 11.7. The molecule has 0 saturated carbocycles. The maximum absolute atomic E-state index is 13.4. The average Bonchev–Trinajstić information content (AvgIpc) is 2.78. The predicted octanol–water partition coefficient (Wildman–Crippen LogP) is 4.38. The molecule has 0 aromatic heterocycles. The average molecular weight is 454 g/mol. The van der Waals surface area contributed by atoms with Gasteiger partial charge >= 0.3 is 0 Å². The number of piperidine rings is 3. The molecule has 0 aliphatic carbocycles. The molecule has 3 saturated heterocycles. The first kappa shape index (κ1) is 21.6. The van der Waals surface area contributed by atoms with Gasteiger partial charge in [-0.25, -0.2) is 0 Å². The third kappa shape index (κ3) is 4.46. The van der Waals surface area contributed by atoms with Crippen LogP contribution in [0.2, 0.25) is 5.02 Å². The minimum Gasteiger partial charge on any atom is -0.483 e. The summed E-state index contributed by atoms with van der Waals surface area (Å²) in [4.78, 5) is 18.2. The van der Waals surface area contributed by atoms with Gasteiger partial charge in [-0.05, 0) is 69.8 Å². The van der Waals surface area contributed by atoms with Crippen LogP contribution in [0.25, 0.3) is 0 Å². The molecule has 3 fully saturated rings. The second-order valence-electron chi connectivity index (χ2n) is 10.0. The van der Waals surface area contributed by atoms with Crippen LogP contribution in [0.4, 0.5) is 5.69 Å². The molecule has 170 valence electrons. The van der Waals surface area contributed by atoms with Crippen LogP contribution in [0.15, 0.2) is 42.5 Å². The Labute approximate surface area is 195 Å². The van der Waals surface area contributed by atoms with Gasteiger partial charge in [0.2, 0.25) is 0 Å².